The number of thiophene rings is 1. The van der Waals surface area contributed by atoms with E-state index in [1.54, 1.807) is 6.07 Å². The smallest absolute Gasteiger partial charge is 0.346 e. The van der Waals surface area contributed by atoms with Crippen molar-refractivity contribution in [3.05, 3.63) is 52.7 Å². The van der Waals surface area contributed by atoms with Gasteiger partial charge in [-0.25, -0.2) is 9.18 Å². The second-order valence-corrected chi connectivity index (χ2v) is 6.22. The second kappa shape index (κ2) is 4.81. The van der Waals surface area contributed by atoms with Gasteiger partial charge in [0.25, 0.3) is 0 Å². The highest BCUT2D eigenvalue weighted by molar-refractivity contribution is 7.21. The fourth-order valence-electron chi connectivity index (χ4n) is 2.83. The second-order valence-electron chi connectivity index (χ2n) is 5.17. The summed E-state index contributed by atoms with van der Waals surface area (Å²) in [6.45, 7) is 0.653. The van der Waals surface area contributed by atoms with E-state index in [4.69, 9.17) is 4.74 Å². The van der Waals surface area contributed by atoms with Crippen molar-refractivity contribution in [3.63, 3.8) is 0 Å². The first kappa shape index (κ1) is 13.3. The molecule has 0 amide bonds. The van der Waals surface area contributed by atoms with Crippen LogP contribution in [0.25, 0.3) is 21.2 Å². The predicted molar refractivity (Wildman–Crippen MR) is 83.4 cm³/mol. The summed E-state index contributed by atoms with van der Waals surface area (Å²) >= 11 is 1.09. The summed E-state index contributed by atoms with van der Waals surface area (Å²) in [7, 11) is 0. The monoisotopic (exact) mass is 314 g/mol. The maximum Gasteiger partial charge on any atom is 0.346 e. The minimum absolute atomic E-state index is 0.221. The molecule has 0 saturated carbocycles. The number of halogens is 1. The summed E-state index contributed by atoms with van der Waals surface area (Å²) in [5.41, 5.74) is 2.55. The maximum absolute atomic E-state index is 13.4. The molecule has 3 aromatic rings. The van der Waals surface area contributed by atoms with Crippen molar-refractivity contribution in [3.8, 4) is 16.9 Å². The Kier molecular flexibility index (Phi) is 2.90. The van der Waals surface area contributed by atoms with Crippen molar-refractivity contribution in [2.75, 3.05) is 6.61 Å². The zero-order chi connectivity index (χ0) is 15.3. The van der Waals surface area contributed by atoms with Crippen molar-refractivity contribution in [1.29, 1.82) is 0 Å². The highest BCUT2D eigenvalue weighted by Gasteiger charge is 2.21. The lowest BCUT2D eigenvalue weighted by atomic mass is 9.99. The van der Waals surface area contributed by atoms with E-state index in [1.165, 1.54) is 12.1 Å². The Bertz CT molecular complexity index is 914. The summed E-state index contributed by atoms with van der Waals surface area (Å²) in [6, 6.07) is 10.1. The van der Waals surface area contributed by atoms with Gasteiger partial charge in [0.1, 0.15) is 16.4 Å². The fourth-order valence-corrected chi connectivity index (χ4v) is 3.92. The molecule has 110 valence electrons. The molecular formula is C17H11FO3S. The third-order valence-electron chi connectivity index (χ3n) is 3.83. The van der Waals surface area contributed by atoms with E-state index in [1.807, 2.05) is 18.2 Å². The third kappa shape index (κ3) is 1.97. The van der Waals surface area contributed by atoms with Crippen molar-refractivity contribution < 1.29 is 19.0 Å². The number of rotatable bonds is 2. The predicted octanol–water partition coefficient (Wildman–Crippen LogP) is 4.34. The molecule has 2 heterocycles. The summed E-state index contributed by atoms with van der Waals surface area (Å²) in [5.74, 6) is -0.567. The molecule has 1 aliphatic rings. The Morgan fingerprint density at radius 1 is 1.23 bits per heavy atom. The van der Waals surface area contributed by atoms with Crippen LogP contribution in [-0.4, -0.2) is 17.7 Å². The molecular weight excluding hydrogens is 303 g/mol. The molecule has 0 atom stereocenters. The van der Waals surface area contributed by atoms with Gasteiger partial charge >= 0.3 is 5.97 Å². The van der Waals surface area contributed by atoms with Gasteiger partial charge in [-0.05, 0) is 35.4 Å². The first-order valence-corrected chi connectivity index (χ1v) is 7.66. The summed E-state index contributed by atoms with van der Waals surface area (Å²) in [6.07, 6.45) is 0.872. The molecule has 0 saturated heterocycles. The highest BCUT2D eigenvalue weighted by atomic mass is 32.1. The minimum Gasteiger partial charge on any atom is -0.493 e. The average Bonchev–Trinajstić information content (AvgIpc) is 3.09. The molecule has 5 heteroatoms. The number of carboxylic acid groups (broad SMARTS) is 1. The van der Waals surface area contributed by atoms with Crippen LogP contribution in [0.4, 0.5) is 4.39 Å². The number of hydrogen-bond acceptors (Lipinski definition) is 3. The quantitative estimate of drug-likeness (QED) is 0.765. The van der Waals surface area contributed by atoms with Crippen LogP contribution in [0.1, 0.15) is 15.2 Å². The van der Waals surface area contributed by atoms with E-state index >= 15 is 0 Å². The SMILES string of the molecule is O=C(O)c1sc2cc(F)ccc2c1-c1ccc2c(c1)OCC2. The Morgan fingerprint density at radius 2 is 2.09 bits per heavy atom. The van der Waals surface area contributed by atoms with Crippen LogP contribution in [0, 0.1) is 5.82 Å². The number of benzene rings is 2. The van der Waals surface area contributed by atoms with Gasteiger partial charge in [0.2, 0.25) is 0 Å². The lowest BCUT2D eigenvalue weighted by Gasteiger charge is -2.05. The van der Waals surface area contributed by atoms with Crippen LogP contribution < -0.4 is 4.74 Å². The van der Waals surface area contributed by atoms with Gasteiger partial charge in [-0.1, -0.05) is 12.1 Å². The van der Waals surface area contributed by atoms with Crippen molar-refractivity contribution >= 4 is 27.4 Å². The maximum atomic E-state index is 13.4. The van der Waals surface area contributed by atoms with Crippen LogP contribution >= 0.6 is 11.3 Å². The zero-order valence-electron chi connectivity index (χ0n) is 11.4. The normalized spacial score (nSPS) is 13.1. The van der Waals surface area contributed by atoms with Gasteiger partial charge in [0.05, 0.1) is 6.61 Å². The molecule has 0 spiro atoms. The minimum atomic E-state index is -1.00. The van der Waals surface area contributed by atoms with Crippen molar-refractivity contribution in [2.45, 2.75) is 6.42 Å². The molecule has 1 aromatic heterocycles. The summed E-state index contributed by atoms with van der Waals surface area (Å²) in [4.78, 5) is 11.8. The lowest BCUT2D eigenvalue weighted by molar-refractivity contribution is 0.0703. The van der Waals surface area contributed by atoms with Gasteiger partial charge in [-0.15, -0.1) is 11.3 Å². The Labute approximate surface area is 129 Å². The van der Waals surface area contributed by atoms with Crippen molar-refractivity contribution in [2.24, 2.45) is 0 Å². The van der Waals surface area contributed by atoms with E-state index in [0.29, 0.717) is 16.9 Å². The van der Waals surface area contributed by atoms with Crippen molar-refractivity contribution in [1.82, 2.24) is 0 Å². The molecule has 0 unspecified atom stereocenters. The summed E-state index contributed by atoms with van der Waals surface area (Å²) < 4.78 is 19.6. The molecule has 2 aromatic carbocycles. The number of carboxylic acids is 1. The van der Waals surface area contributed by atoms with E-state index in [2.05, 4.69) is 0 Å². The fraction of sp³-hybridized carbons (Fsp3) is 0.118. The van der Waals surface area contributed by atoms with Gasteiger partial charge in [-0.2, -0.15) is 0 Å². The summed E-state index contributed by atoms with van der Waals surface area (Å²) in [5, 5.41) is 10.2. The lowest BCUT2D eigenvalue weighted by Crippen LogP contribution is -1.95. The topological polar surface area (TPSA) is 46.5 Å². The number of aromatic carboxylic acids is 1. The Morgan fingerprint density at radius 3 is 2.91 bits per heavy atom. The van der Waals surface area contributed by atoms with Crippen LogP contribution in [0.5, 0.6) is 5.75 Å². The van der Waals surface area contributed by atoms with E-state index in [0.717, 1.165) is 40.0 Å². The molecule has 0 fully saturated rings. The number of hydrogen-bond donors (Lipinski definition) is 1. The van der Waals surface area contributed by atoms with E-state index in [9.17, 15) is 14.3 Å². The standard InChI is InChI=1S/C17H11FO3S/c18-11-3-4-12-14(8-11)22-16(17(19)20)15(12)10-2-1-9-5-6-21-13(9)7-10/h1-4,7-8H,5-6H2,(H,19,20). The number of ether oxygens (including phenoxy) is 1. The van der Waals surface area contributed by atoms with Gasteiger partial charge in [0, 0.05) is 22.1 Å². The van der Waals surface area contributed by atoms with Crippen LogP contribution in [-0.2, 0) is 6.42 Å². The zero-order valence-corrected chi connectivity index (χ0v) is 12.2. The van der Waals surface area contributed by atoms with E-state index in [-0.39, 0.29) is 10.7 Å². The number of carbonyl (C=O) groups is 1. The van der Waals surface area contributed by atoms with Gasteiger partial charge < -0.3 is 9.84 Å². The van der Waals surface area contributed by atoms with Crippen LogP contribution in [0.15, 0.2) is 36.4 Å². The van der Waals surface area contributed by atoms with Crippen LogP contribution in [0.3, 0.4) is 0 Å². The molecule has 0 bridgehead atoms. The van der Waals surface area contributed by atoms with Gasteiger partial charge in [-0.3, -0.25) is 0 Å². The van der Waals surface area contributed by atoms with Crippen LogP contribution in [0.2, 0.25) is 0 Å². The largest absolute Gasteiger partial charge is 0.493 e. The van der Waals surface area contributed by atoms with E-state index < -0.39 is 5.97 Å². The van der Waals surface area contributed by atoms with Gasteiger partial charge in [0.15, 0.2) is 0 Å². The average molecular weight is 314 g/mol. The first-order chi connectivity index (χ1) is 10.6. The molecule has 1 N–H and O–H groups in total. The first-order valence-electron chi connectivity index (χ1n) is 6.85. The Hall–Kier alpha value is -2.40. The molecule has 1 aliphatic heterocycles. The Balaban J connectivity index is 2.00. The highest BCUT2D eigenvalue weighted by Crippen LogP contribution is 2.41. The number of fused-ring (bicyclic) bond motifs is 2. The third-order valence-corrected chi connectivity index (χ3v) is 4.97. The molecule has 4 rings (SSSR count). The molecule has 0 radical (unpaired) electrons. The molecule has 0 aliphatic carbocycles. The molecule has 22 heavy (non-hydrogen) atoms. The molecule has 3 nitrogen and oxygen atoms in total.